The predicted octanol–water partition coefficient (Wildman–Crippen LogP) is 1.12. The number of nitrogens with one attached hydrogen (secondary N) is 1. The molecule has 0 radical (unpaired) electrons. The molecule has 0 spiro atoms. The maximum atomic E-state index is 10.5. The van der Waals surface area contributed by atoms with Crippen molar-refractivity contribution in [3.63, 3.8) is 0 Å². The van der Waals surface area contributed by atoms with Crippen LogP contribution in [0.3, 0.4) is 0 Å². The van der Waals surface area contributed by atoms with Crippen molar-refractivity contribution in [2.75, 3.05) is 13.1 Å². The van der Waals surface area contributed by atoms with Gasteiger partial charge in [-0.05, 0) is 25.9 Å². The smallest absolute Gasteiger partial charge is 0.111 e. The zero-order valence-electron chi connectivity index (χ0n) is 10.1. The zero-order chi connectivity index (χ0) is 11.6. The van der Waals surface area contributed by atoms with E-state index in [1.54, 1.807) is 0 Å². The fourth-order valence-corrected chi connectivity index (χ4v) is 2.32. The minimum Gasteiger partial charge on any atom is -0.388 e. The van der Waals surface area contributed by atoms with Crippen molar-refractivity contribution in [3.8, 4) is 0 Å². The molecule has 1 aliphatic rings. The normalized spacial score (nSPS) is 20.2. The number of rotatable bonds is 3. The van der Waals surface area contributed by atoms with Crippen LogP contribution in [-0.4, -0.2) is 33.3 Å². The Labute approximate surface area is 96.7 Å². The lowest BCUT2D eigenvalue weighted by Gasteiger charge is -2.33. The van der Waals surface area contributed by atoms with Gasteiger partial charge in [0.15, 0.2) is 0 Å². The minimum absolute atomic E-state index is 0.403. The highest BCUT2D eigenvalue weighted by Gasteiger charge is 2.30. The molecule has 0 aliphatic carbocycles. The zero-order valence-corrected chi connectivity index (χ0v) is 10.1. The van der Waals surface area contributed by atoms with E-state index in [1.165, 1.54) is 0 Å². The van der Waals surface area contributed by atoms with Gasteiger partial charge in [-0.25, -0.2) is 4.98 Å². The van der Waals surface area contributed by atoms with E-state index in [4.69, 9.17) is 0 Å². The molecule has 4 nitrogen and oxygen atoms in total. The molecule has 2 N–H and O–H groups in total. The average Bonchev–Trinajstić information content (AvgIpc) is 2.66. The van der Waals surface area contributed by atoms with Crippen LogP contribution in [0.1, 0.15) is 38.4 Å². The second-order valence-electron chi connectivity index (χ2n) is 5.04. The summed E-state index contributed by atoms with van der Waals surface area (Å²) in [4.78, 5) is 4.35. The summed E-state index contributed by atoms with van der Waals surface area (Å²) in [5.74, 6) is 1.47. The standard InChI is InChI=1S/C12H21N3O/c1-10(2)11-14-7-8-15(11)9-12(16)3-5-13-6-4-12/h7-8,10,13,16H,3-6,9H2,1-2H3. The van der Waals surface area contributed by atoms with E-state index in [-0.39, 0.29) is 0 Å². The van der Waals surface area contributed by atoms with Gasteiger partial charge in [0.2, 0.25) is 0 Å². The van der Waals surface area contributed by atoms with E-state index in [1.807, 2.05) is 12.4 Å². The number of hydrogen-bond acceptors (Lipinski definition) is 3. The molecule has 1 saturated heterocycles. The fourth-order valence-electron chi connectivity index (χ4n) is 2.32. The van der Waals surface area contributed by atoms with Crippen molar-refractivity contribution in [3.05, 3.63) is 18.2 Å². The lowest BCUT2D eigenvalue weighted by Crippen LogP contribution is -2.45. The number of aromatic nitrogens is 2. The van der Waals surface area contributed by atoms with Gasteiger partial charge < -0.3 is 15.0 Å². The maximum absolute atomic E-state index is 10.5. The highest BCUT2D eigenvalue weighted by Crippen LogP contribution is 2.22. The van der Waals surface area contributed by atoms with E-state index >= 15 is 0 Å². The van der Waals surface area contributed by atoms with Crippen LogP contribution in [-0.2, 0) is 6.54 Å². The topological polar surface area (TPSA) is 50.1 Å². The molecular formula is C12H21N3O. The summed E-state index contributed by atoms with van der Waals surface area (Å²) in [5.41, 5.74) is -0.560. The monoisotopic (exact) mass is 223 g/mol. The van der Waals surface area contributed by atoms with E-state index in [2.05, 4.69) is 28.7 Å². The average molecular weight is 223 g/mol. The van der Waals surface area contributed by atoms with Gasteiger partial charge in [0.05, 0.1) is 12.1 Å². The Morgan fingerprint density at radius 2 is 2.19 bits per heavy atom. The van der Waals surface area contributed by atoms with Crippen molar-refractivity contribution in [2.45, 2.75) is 44.8 Å². The Balaban J connectivity index is 2.10. The van der Waals surface area contributed by atoms with Crippen LogP contribution >= 0.6 is 0 Å². The van der Waals surface area contributed by atoms with Gasteiger partial charge in [0, 0.05) is 18.3 Å². The molecule has 0 bridgehead atoms. The number of imidazole rings is 1. The maximum Gasteiger partial charge on any atom is 0.111 e. The molecular weight excluding hydrogens is 202 g/mol. The lowest BCUT2D eigenvalue weighted by molar-refractivity contribution is -0.00613. The summed E-state index contributed by atoms with van der Waals surface area (Å²) < 4.78 is 2.09. The van der Waals surface area contributed by atoms with Gasteiger partial charge >= 0.3 is 0 Å². The number of aliphatic hydroxyl groups is 1. The van der Waals surface area contributed by atoms with Gasteiger partial charge in [0.25, 0.3) is 0 Å². The third-order valence-corrected chi connectivity index (χ3v) is 3.26. The minimum atomic E-state index is -0.560. The molecule has 16 heavy (non-hydrogen) atoms. The molecule has 2 heterocycles. The van der Waals surface area contributed by atoms with Crippen LogP contribution in [0.2, 0.25) is 0 Å². The summed E-state index contributed by atoms with van der Waals surface area (Å²) in [6.45, 7) is 6.74. The van der Waals surface area contributed by atoms with Crippen LogP contribution in [0, 0.1) is 0 Å². The Morgan fingerprint density at radius 3 is 2.81 bits per heavy atom. The van der Waals surface area contributed by atoms with Crippen molar-refractivity contribution in [2.24, 2.45) is 0 Å². The van der Waals surface area contributed by atoms with Crippen LogP contribution in [0.5, 0.6) is 0 Å². The number of piperidine rings is 1. The van der Waals surface area contributed by atoms with Crippen molar-refractivity contribution in [1.29, 1.82) is 0 Å². The van der Waals surface area contributed by atoms with Crippen LogP contribution in [0.4, 0.5) is 0 Å². The molecule has 2 rings (SSSR count). The summed E-state index contributed by atoms with van der Waals surface area (Å²) in [6, 6.07) is 0. The molecule has 0 atom stereocenters. The van der Waals surface area contributed by atoms with Crippen LogP contribution < -0.4 is 5.32 Å². The molecule has 0 amide bonds. The quantitative estimate of drug-likeness (QED) is 0.807. The van der Waals surface area contributed by atoms with Crippen LogP contribution in [0.25, 0.3) is 0 Å². The first-order valence-corrected chi connectivity index (χ1v) is 6.05. The molecule has 0 saturated carbocycles. The largest absolute Gasteiger partial charge is 0.388 e. The number of nitrogens with zero attached hydrogens (tertiary/aromatic N) is 2. The van der Waals surface area contributed by atoms with E-state index in [9.17, 15) is 5.11 Å². The van der Waals surface area contributed by atoms with Gasteiger partial charge in [-0.3, -0.25) is 0 Å². The molecule has 4 heteroatoms. The summed E-state index contributed by atoms with van der Waals surface area (Å²) >= 11 is 0. The Morgan fingerprint density at radius 1 is 1.50 bits per heavy atom. The summed E-state index contributed by atoms with van der Waals surface area (Å²) in [6.07, 6.45) is 5.43. The van der Waals surface area contributed by atoms with Gasteiger partial charge in [-0.15, -0.1) is 0 Å². The molecule has 0 unspecified atom stereocenters. The third kappa shape index (κ3) is 2.44. The highest BCUT2D eigenvalue weighted by molar-refractivity contribution is 5.00. The lowest BCUT2D eigenvalue weighted by atomic mass is 9.92. The summed E-state index contributed by atoms with van der Waals surface area (Å²) in [7, 11) is 0. The van der Waals surface area contributed by atoms with Gasteiger partial charge in [-0.2, -0.15) is 0 Å². The second kappa shape index (κ2) is 4.55. The molecule has 1 aromatic heterocycles. The Hall–Kier alpha value is -0.870. The predicted molar refractivity (Wildman–Crippen MR) is 63.4 cm³/mol. The van der Waals surface area contributed by atoms with Gasteiger partial charge in [-0.1, -0.05) is 13.8 Å². The molecule has 1 aliphatic heterocycles. The molecule has 90 valence electrons. The van der Waals surface area contributed by atoms with Crippen molar-refractivity contribution < 1.29 is 5.11 Å². The second-order valence-corrected chi connectivity index (χ2v) is 5.04. The van der Waals surface area contributed by atoms with Gasteiger partial charge in [0.1, 0.15) is 5.82 Å². The first kappa shape index (κ1) is 11.6. The Kier molecular flexibility index (Phi) is 3.30. The summed E-state index contributed by atoms with van der Waals surface area (Å²) in [5, 5.41) is 13.7. The SMILES string of the molecule is CC(C)c1nccn1CC1(O)CCNCC1. The third-order valence-electron chi connectivity index (χ3n) is 3.26. The fraction of sp³-hybridized carbons (Fsp3) is 0.750. The van der Waals surface area contributed by atoms with Crippen LogP contribution in [0.15, 0.2) is 12.4 Å². The Bertz CT molecular complexity index is 340. The van der Waals surface area contributed by atoms with E-state index in [0.29, 0.717) is 12.5 Å². The van der Waals surface area contributed by atoms with E-state index in [0.717, 1.165) is 31.8 Å². The van der Waals surface area contributed by atoms with Crippen molar-refractivity contribution in [1.82, 2.24) is 14.9 Å². The molecule has 0 aromatic carbocycles. The first-order valence-electron chi connectivity index (χ1n) is 6.05. The highest BCUT2D eigenvalue weighted by atomic mass is 16.3. The van der Waals surface area contributed by atoms with Crippen molar-refractivity contribution >= 4 is 0 Å². The molecule has 1 aromatic rings. The molecule has 1 fully saturated rings. The number of hydrogen-bond donors (Lipinski definition) is 2. The first-order chi connectivity index (χ1) is 7.61. The van der Waals surface area contributed by atoms with E-state index < -0.39 is 5.60 Å².